The molecule has 0 unspecified atom stereocenters. The van der Waals surface area contributed by atoms with Crippen molar-refractivity contribution in [3.05, 3.63) is 35.2 Å². The summed E-state index contributed by atoms with van der Waals surface area (Å²) >= 11 is 0. The maximum absolute atomic E-state index is 13.2. The number of allylic oxidation sites excluding steroid dienone is 2. The first-order chi connectivity index (χ1) is 9.13. The third kappa shape index (κ3) is 3.38. The van der Waals surface area contributed by atoms with E-state index in [1.54, 1.807) is 6.07 Å². The van der Waals surface area contributed by atoms with Crippen LogP contribution in [0.1, 0.15) is 50.9 Å². The van der Waals surface area contributed by atoms with Gasteiger partial charge in [-0.2, -0.15) is 18.4 Å². The van der Waals surface area contributed by atoms with Crippen molar-refractivity contribution < 1.29 is 13.2 Å². The first kappa shape index (κ1) is 16.2. The lowest BCUT2D eigenvalue weighted by atomic mass is 9.84. The van der Waals surface area contributed by atoms with Crippen LogP contribution in [-0.2, 0) is 11.6 Å². The summed E-state index contributed by atoms with van der Waals surface area (Å²) < 4.78 is 39.5. The first-order valence-electron chi connectivity index (χ1n) is 6.28. The molecule has 1 rings (SSSR count). The highest BCUT2D eigenvalue weighted by Gasteiger charge is 2.35. The SMILES string of the molecule is CCC(C)(C)c1cc(C(F)(F)F)c(/C(C)=C\C#N)cn1. The number of alkyl halides is 3. The molecule has 0 saturated heterocycles. The van der Waals surface area contributed by atoms with E-state index in [-0.39, 0.29) is 11.1 Å². The quantitative estimate of drug-likeness (QED) is 0.752. The second kappa shape index (κ2) is 5.66. The fourth-order valence-corrected chi connectivity index (χ4v) is 1.73. The maximum atomic E-state index is 13.2. The van der Waals surface area contributed by atoms with E-state index in [1.165, 1.54) is 13.1 Å². The minimum absolute atomic E-state index is 0.0466. The number of hydrogen-bond donors (Lipinski definition) is 0. The van der Waals surface area contributed by atoms with Gasteiger partial charge >= 0.3 is 6.18 Å². The molecule has 0 aliphatic carbocycles. The summed E-state index contributed by atoms with van der Waals surface area (Å²) in [5.41, 5.74) is -0.553. The predicted molar refractivity (Wildman–Crippen MR) is 71.8 cm³/mol. The molecule has 2 nitrogen and oxygen atoms in total. The highest BCUT2D eigenvalue weighted by atomic mass is 19.4. The van der Waals surface area contributed by atoms with Crippen molar-refractivity contribution >= 4 is 5.57 Å². The Morgan fingerprint density at radius 1 is 1.40 bits per heavy atom. The molecule has 0 aliphatic heterocycles. The van der Waals surface area contributed by atoms with Gasteiger partial charge in [0, 0.05) is 28.9 Å². The van der Waals surface area contributed by atoms with E-state index in [0.29, 0.717) is 12.1 Å². The second-order valence-corrected chi connectivity index (χ2v) is 5.31. The summed E-state index contributed by atoms with van der Waals surface area (Å²) in [6, 6.07) is 2.83. The van der Waals surface area contributed by atoms with Gasteiger partial charge in [0.15, 0.2) is 0 Å². The van der Waals surface area contributed by atoms with E-state index in [4.69, 9.17) is 5.26 Å². The summed E-state index contributed by atoms with van der Waals surface area (Å²) in [5, 5.41) is 8.59. The maximum Gasteiger partial charge on any atom is 0.417 e. The van der Waals surface area contributed by atoms with Gasteiger partial charge in [-0.15, -0.1) is 0 Å². The fourth-order valence-electron chi connectivity index (χ4n) is 1.73. The molecule has 0 aliphatic rings. The number of nitrogens with zero attached hydrogens (tertiary/aromatic N) is 2. The number of hydrogen-bond acceptors (Lipinski definition) is 2. The average molecular weight is 282 g/mol. The van der Waals surface area contributed by atoms with Crippen LogP contribution in [0, 0.1) is 11.3 Å². The van der Waals surface area contributed by atoms with Crippen molar-refractivity contribution in [2.45, 2.75) is 45.7 Å². The van der Waals surface area contributed by atoms with Crippen molar-refractivity contribution in [3.63, 3.8) is 0 Å². The lowest BCUT2D eigenvalue weighted by Gasteiger charge is -2.24. The molecule has 0 atom stereocenters. The van der Waals surface area contributed by atoms with E-state index in [9.17, 15) is 13.2 Å². The molecule has 0 saturated carbocycles. The lowest BCUT2D eigenvalue weighted by molar-refractivity contribution is -0.137. The van der Waals surface area contributed by atoms with Crippen molar-refractivity contribution in [2.75, 3.05) is 0 Å². The van der Waals surface area contributed by atoms with Crippen LogP contribution in [0.3, 0.4) is 0 Å². The predicted octanol–water partition coefficient (Wildman–Crippen LogP) is 4.71. The van der Waals surface area contributed by atoms with Crippen molar-refractivity contribution in [1.29, 1.82) is 5.26 Å². The molecule has 0 radical (unpaired) electrons. The molecule has 0 aromatic carbocycles. The molecule has 0 N–H and O–H groups in total. The number of pyridine rings is 1. The van der Waals surface area contributed by atoms with Gasteiger partial charge in [0.2, 0.25) is 0 Å². The van der Waals surface area contributed by atoms with Gasteiger partial charge in [-0.1, -0.05) is 20.8 Å². The zero-order valence-electron chi connectivity index (χ0n) is 12.0. The Bertz CT molecular complexity index is 563. The molecule has 20 heavy (non-hydrogen) atoms. The Morgan fingerprint density at radius 2 is 2.00 bits per heavy atom. The van der Waals surface area contributed by atoms with E-state index in [1.807, 2.05) is 20.8 Å². The standard InChI is InChI=1S/C15H17F3N2/c1-5-14(3,4)13-8-12(15(16,17)18)11(9-20-13)10(2)6-7-19/h6,8-9H,5H2,1-4H3/b10-6-. The molecule has 1 heterocycles. The van der Waals surface area contributed by atoms with E-state index in [0.717, 1.165) is 12.1 Å². The summed E-state index contributed by atoms with van der Waals surface area (Å²) in [4.78, 5) is 4.15. The van der Waals surface area contributed by atoms with Crippen molar-refractivity contribution in [2.24, 2.45) is 0 Å². The van der Waals surface area contributed by atoms with Crippen LogP contribution in [-0.4, -0.2) is 4.98 Å². The van der Waals surface area contributed by atoms with Gasteiger partial charge in [-0.25, -0.2) is 0 Å². The number of aromatic nitrogens is 1. The number of halogens is 3. The number of nitriles is 1. The Balaban J connectivity index is 3.52. The lowest BCUT2D eigenvalue weighted by Crippen LogP contribution is -2.20. The van der Waals surface area contributed by atoms with Crippen LogP contribution >= 0.6 is 0 Å². The summed E-state index contributed by atoms with van der Waals surface area (Å²) in [7, 11) is 0. The van der Waals surface area contributed by atoms with Crippen LogP contribution in [0.4, 0.5) is 13.2 Å². The van der Waals surface area contributed by atoms with Crippen LogP contribution in [0.25, 0.3) is 5.57 Å². The third-order valence-corrected chi connectivity index (χ3v) is 3.49. The monoisotopic (exact) mass is 282 g/mol. The van der Waals surface area contributed by atoms with Crippen LogP contribution in [0.2, 0.25) is 0 Å². The van der Waals surface area contributed by atoms with Crippen LogP contribution in [0.15, 0.2) is 18.3 Å². The zero-order chi connectivity index (χ0) is 15.6. The normalized spacial score (nSPS) is 13.2. The molecule has 0 fully saturated rings. The van der Waals surface area contributed by atoms with Gasteiger partial charge < -0.3 is 0 Å². The Hall–Kier alpha value is -1.83. The van der Waals surface area contributed by atoms with Gasteiger partial charge in [-0.05, 0) is 25.0 Å². The Morgan fingerprint density at radius 3 is 2.45 bits per heavy atom. The van der Waals surface area contributed by atoms with Crippen LogP contribution < -0.4 is 0 Å². The third-order valence-electron chi connectivity index (χ3n) is 3.49. The van der Waals surface area contributed by atoms with Gasteiger partial charge in [-0.3, -0.25) is 4.98 Å². The molecular formula is C15H17F3N2. The minimum Gasteiger partial charge on any atom is -0.260 e. The molecule has 1 aromatic heterocycles. The van der Waals surface area contributed by atoms with Crippen molar-refractivity contribution in [3.8, 4) is 6.07 Å². The fraction of sp³-hybridized carbons (Fsp3) is 0.467. The highest BCUT2D eigenvalue weighted by Crippen LogP contribution is 2.37. The molecule has 0 amide bonds. The summed E-state index contributed by atoms with van der Waals surface area (Å²) in [6.45, 7) is 7.09. The van der Waals surface area contributed by atoms with E-state index in [2.05, 4.69) is 4.98 Å². The average Bonchev–Trinajstić information content (AvgIpc) is 2.37. The largest absolute Gasteiger partial charge is 0.417 e. The highest BCUT2D eigenvalue weighted by molar-refractivity contribution is 5.68. The van der Waals surface area contributed by atoms with E-state index >= 15 is 0 Å². The van der Waals surface area contributed by atoms with Gasteiger partial charge in [0.1, 0.15) is 0 Å². The van der Waals surface area contributed by atoms with Gasteiger partial charge in [0.25, 0.3) is 0 Å². The molecule has 1 aromatic rings. The first-order valence-corrected chi connectivity index (χ1v) is 6.28. The molecule has 0 spiro atoms. The number of rotatable bonds is 3. The van der Waals surface area contributed by atoms with E-state index < -0.39 is 17.2 Å². The Kier molecular flexibility index (Phi) is 4.59. The zero-order valence-corrected chi connectivity index (χ0v) is 12.0. The molecule has 5 heteroatoms. The minimum atomic E-state index is -4.47. The van der Waals surface area contributed by atoms with Crippen molar-refractivity contribution in [1.82, 2.24) is 4.98 Å². The summed E-state index contributed by atoms with van der Waals surface area (Å²) in [5.74, 6) is 0. The summed E-state index contributed by atoms with van der Waals surface area (Å²) in [6.07, 6.45) is -1.49. The topological polar surface area (TPSA) is 36.7 Å². The Labute approximate surface area is 117 Å². The molecular weight excluding hydrogens is 265 g/mol. The smallest absolute Gasteiger partial charge is 0.260 e. The van der Waals surface area contributed by atoms with Crippen LogP contribution in [0.5, 0.6) is 0 Å². The second-order valence-electron chi connectivity index (χ2n) is 5.31. The molecule has 108 valence electrons. The molecule has 0 bridgehead atoms. The van der Waals surface area contributed by atoms with Gasteiger partial charge in [0.05, 0.1) is 11.6 Å².